The van der Waals surface area contributed by atoms with Gasteiger partial charge in [0.15, 0.2) is 0 Å². The first-order valence-corrected chi connectivity index (χ1v) is 6.21. The summed E-state index contributed by atoms with van der Waals surface area (Å²) in [6.07, 6.45) is 1.05. The molecule has 0 aromatic heterocycles. The lowest BCUT2D eigenvalue weighted by molar-refractivity contribution is -0.0619. The van der Waals surface area contributed by atoms with E-state index in [-0.39, 0.29) is 29.1 Å². The third kappa shape index (κ3) is 3.10. The Morgan fingerprint density at radius 1 is 1.53 bits per heavy atom. The number of methoxy groups -OCH3 is 1. The number of rotatable bonds is 4. The summed E-state index contributed by atoms with van der Waals surface area (Å²) in [6, 6.07) is 5.51. The molecule has 0 bridgehead atoms. The molecular formula is C16H25NO2. The van der Waals surface area contributed by atoms with Gasteiger partial charge < -0.3 is 14.7 Å². The average molecular weight is 274 g/mol. The van der Waals surface area contributed by atoms with Crippen molar-refractivity contribution < 1.29 is 24.9 Å². The zero-order valence-electron chi connectivity index (χ0n) is 21.5. The van der Waals surface area contributed by atoms with Crippen molar-refractivity contribution in [3.8, 4) is 5.75 Å². The molecule has 106 valence electrons. The van der Waals surface area contributed by atoms with Crippen molar-refractivity contribution in [2.24, 2.45) is 5.92 Å². The van der Waals surface area contributed by atoms with Gasteiger partial charge in [0.1, 0.15) is 5.75 Å². The van der Waals surface area contributed by atoms with E-state index < -0.39 is 39.0 Å². The molecule has 0 heterocycles. The normalized spacial score (nSPS) is 38.8. The van der Waals surface area contributed by atoms with Crippen molar-refractivity contribution in [2.75, 3.05) is 27.5 Å². The lowest BCUT2D eigenvalue weighted by Gasteiger charge is -2.41. The van der Waals surface area contributed by atoms with Crippen LogP contribution in [-0.2, 0) is 5.60 Å². The van der Waals surface area contributed by atoms with E-state index in [1.54, 1.807) is 0 Å². The van der Waals surface area contributed by atoms with Crippen LogP contribution < -0.4 is 4.74 Å². The topological polar surface area (TPSA) is 32.7 Å². The van der Waals surface area contributed by atoms with Crippen molar-refractivity contribution >= 4 is 0 Å². The molecule has 0 spiro atoms. The van der Waals surface area contributed by atoms with Crippen LogP contribution in [0.2, 0.25) is 0 Å². The van der Waals surface area contributed by atoms with Gasteiger partial charge in [0, 0.05) is 23.4 Å². The van der Waals surface area contributed by atoms with Crippen molar-refractivity contribution in [3.63, 3.8) is 0 Å². The average Bonchev–Trinajstić information content (AvgIpc) is 2.50. The maximum atomic E-state index is 11.5. The zero-order chi connectivity index (χ0) is 23.2. The molecule has 1 fully saturated rings. The number of hydrogen-bond acceptors (Lipinski definition) is 3. The third-order valence-electron chi connectivity index (χ3n) is 3.61. The van der Waals surface area contributed by atoms with Gasteiger partial charge in [-0.2, -0.15) is 0 Å². The highest BCUT2D eigenvalue weighted by Gasteiger charge is 2.40. The maximum Gasteiger partial charge on any atom is 0.119 e. The van der Waals surface area contributed by atoms with E-state index in [2.05, 4.69) is 0 Å². The van der Waals surface area contributed by atoms with E-state index in [0.29, 0.717) is 12.8 Å². The number of hydrogen-bond donors (Lipinski definition) is 1. The molecule has 0 aliphatic heterocycles. The molecule has 1 N–H and O–H groups in total. The van der Waals surface area contributed by atoms with Gasteiger partial charge in [-0.1, -0.05) is 25.0 Å². The second-order valence-corrected chi connectivity index (χ2v) is 4.82. The molecule has 0 amide bonds. The minimum absolute atomic E-state index is 0.0382. The fourth-order valence-corrected chi connectivity index (χ4v) is 2.66. The third-order valence-corrected chi connectivity index (χ3v) is 3.61. The van der Waals surface area contributed by atoms with Gasteiger partial charge in [-0.15, -0.1) is 0 Å². The van der Waals surface area contributed by atoms with Gasteiger partial charge in [-0.3, -0.25) is 0 Å². The molecule has 1 aromatic rings. The Balaban J connectivity index is 2.55. The van der Waals surface area contributed by atoms with E-state index >= 15 is 0 Å². The van der Waals surface area contributed by atoms with E-state index in [1.165, 1.54) is 24.3 Å². The summed E-state index contributed by atoms with van der Waals surface area (Å²) in [4.78, 5) is -0.142. The van der Waals surface area contributed by atoms with Crippen LogP contribution in [0.1, 0.15) is 46.3 Å². The molecule has 3 nitrogen and oxygen atoms in total. The van der Waals surface area contributed by atoms with Gasteiger partial charge >= 0.3 is 0 Å². The first-order valence-electron chi connectivity index (χ1n) is 11.7. The van der Waals surface area contributed by atoms with Crippen LogP contribution in [0.3, 0.4) is 0 Å². The van der Waals surface area contributed by atoms with Crippen LogP contribution in [0, 0.1) is 5.92 Å². The molecule has 1 aliphatic rings. The highest BCUT2D eigenvalue weighted by Crippen LogP contribution is 2.42. The second kappa shape index (κ2) is 5.93. The van der Waals surface area contributed by atoms with E-state index in [0.717, 1.165) is 0 Å². The predicted molar refractivity (Wildman–Crippen MR) is 77.4 cm³/mol. The largest absolute Gasteiger partial charge is 0.497 e. The number of ether oxygens (including phenoxy) is 1. The van der Waals surface area contributed by atoms with Gasteiger partial charge in [0.05, 0.1) is 16.8 Å². The Hall–Kier alpha value is -1.06. The number of aliphatic hydroxyl groups is 1. The van der Waals surface area contributed by atoms with Crippen molar-refractivity contribution in [2.45, 2.75) is 31.3 Å². The lowest BCUT2D eigenvalue weighted by atomic mass is 9.71. The molecule has 0 unspecified atom stereocenters. The first kappa shape index (κ1) is 5.74. The number of benzene rings is 1. The summed E-state index contributed by atoms with van der Waals surface area (Å²) in [6.45, 7) is -9.48. The summed E-state index contributed by atoms with van der Waals surface area (Å²) in [5.41, 5.74) is -1.79. The minimum Gasteiger partial charge on any atom is -0.497 e. The fraction of sp³-hybridized carbons (Fsp3) is 0.625. The van der Waals surface area contributed by atoms with Gasteiger partial charge in [0.25, 0.3) is 0 Å². The molecule has 19 heavy (non-hydrogen) atoms. The maximum absolute atomic E-state index is 11.5. The standard InChI is InChI=1S/C16H25NO2/c1-17(2)12-14-7-4-5-10-16(14,18)13-8-6-9-15(11-13)19-3/h6,8-9,11,14,18H,4-5,7,10,12H2,1-3H3/t14-,16+/m1/s1/i1D3,2D3,3D3,12D2. The Bertz CT molecular complexity index is 730. The minimum atomic E-state index is -3.28. The quantitative estimate of drug-likeness (QED) is 0.916. The smallest absolute Gasteiger partial charge is 0.119 e. The highest BCUT2D eigenvalue weighted by atomic mass is 16.5. The van der Waals surface area contributed by atoms with E-state index in [9.17, 15) is 5.11 Å². The highest BCUT2D eigenvalue weighted by molar-refractivity contribution is 5.33. The summed E-state index contributed by atoms with van der Waals surface area (Å²) in [5, 5.41) is 11.5. The van der Waals surface area contributed by atoms with Gasteiger partial charge in [-0.05, 0) is 44.5 Å². The first-order chi connectivity index (χ1) is 13.4. The molecule has 1 aliphatic carbocycles. The molecule has 1 aromatic carbocycles. The van der Waals surface area contributed by atoms with Gasteiger partial charge in [-0.25, -0.2) is 0 Å². The molecule has 1 saturated carbocycles. The van der Waals surface area contributed by atoms with Crippen molar-refractivity contribution in [1.82, 2.24) is 4.90 Å². The Labute approximate surface area is 131 Å². The Morgan fingerprint density at radius 2 is 2.42 bits per heavy atom. The second-order valence-electron chi connectivity index (χ2n) is 4.82. The Morgan fingerprint density at radius 3 is 3.21 bits per heavy atom. The van der Waals surface area contributed by atoms with Crippen LogP contribution in [-0.4, -0.2) is 37.5 Å². The molecular weight excluding hydrogens is 238 g/mol. The number of nitrogens with zero attached hydrogens (tertiary/aromatic N) is 1. The molecule has 2 rings (SSSR count). The Kier molecular flexibility index (Phi) is 1.79. The monoisotopic (exact) mass is 274 g/mol. The molecule has 0 saturated heterocycles. The fourth-order valence-electron chi connectivity index (χ4n) is 2.66. The molecule has 3 heteroatoms. The van der Waals surface area contributed by atoms with Crippen molar-refractivity contribution in [3.05, 3.63) is 29.8 Å². The van der Waals surface area contributed by atoms with E-state index in [4.69, 9.17) is 19.8 Å². The van der Waals surface area contributed by atoms with Gasteiger partial charge in [0.2, 0.25) is 0 Å². The summed E-state index contributed by atoms with van der Waals surface area (Å²) >= 11 is 0. The summed E-state index contributed by atoms with van der Waals surface area (Å²) in [7, 11) is -2.73. The zero-order valence-corrected chi connectivity index (χ0v) is 10.5. The van der Waals surface area contributed by atoms with Crippen LogP contribution in [0.15, 0.2) is 24.3 Å². The van der Waals surface area contributed by atoms with Crippen LogP contribution >= 0.6 is 0 Å². The molecule has 0 radical (unpaired) electrons. The van der Waals surface area contributed by atoms with Crippen LogP contribution in [0.25, 0.3) is 0 Å². The van der Waals surface area contributed by atoms with E-state index in [1.807, 2.05) is 0 Å². The molecule has 2 atom stereocenters. The lowest BCUT2D eigenvalue weighted by Crippen LogP contribution is -2.43. The SMILES string of the molecule is [2H]C([2H])([2H])Oc1cccc([C@@]2(O)CCCC[C@@H]2C([2H])([2H])N(C([2H])([2H])[2H])C([2H])([2H])[2H])c1. The summed E-state index contributed by atoms with van der Waals surface area (Å²) < 4.78 is 89.0. The van der Waals surface area contributed by atoms with Crippen molar-refractivity contribution in [1.29, 1.82) is 0 Å². The van der Waals surface area contributed by atoms with Crippen LogP contribution in [0.4, 0.5) is 0 Å². The predicted octanol–water partition coefficient (Wildman–Crippen LogP) is 2.63. The van der Waals surface area contributed by atoms with Crippen LogP contribution in [0.5, 0.6) is 5.75 Å². The summed E-state index contributed by atoms with van der Waals surface area (Å²) in [5.74, 6) is -1.48.